The second kappa shape index (κ2) is 9.11. The van der Waals surface area contributed by atoms with E-state index in [2.05, 4.69) is 20.9 Å². The molecule has 0 spiro atoms. The van der Waals surface area contributed by atoms with Crippen LogP contribution >= 0.6 is 15.9 Å². The average Bonchev–Trinajstić information content (AvgIpc) is 2.71. The number of rotatable bonds is 7. The molecule has 0 saturated heterocycles. The first kappa shape index (κ1) is 20.2. The van der Waals surface area contributed by atoms with Crippen LogP contribution in [0.2, 0.25) is 0 Å². The van der Waals surface area contributed by atoms with E-state index in [0.717, 1.165) is 33.1 Å². The summed E-state index contributed by atoms with van der Waals surface area (Å²) in [5.74, 6) is -0.316. The molecule has 0 fully saturated rings. The van der Waals surface area contributed by atoms with Crippen LogP contribution in [0.5, 0.6) is 0 Å². The molecule has 2 aromatic carbocycles. The van der Waals surface area contributed by atoms with Gasteiger partial charge in [-0.3, -0.25) is 9.78 Å². The molecule has 1 heterocycles. The zero-order valence-electron chi connectivity index (χ0n) is 16.0. The average molecular weight is 440 g/mol. The third kappa shape index (κ3) is 4.47. The van der Waals surface area contributed by atoms with Crippen molar-refractivity contribution in [1.82, 2.24) is 4.98 Å². The number of hydrogen-bond acceptors (Lipinski definition) is 4. The van der Waals surface area contributed by atoms with Crippen molar-refractivity contribution >= 4 is 38.6 Å². The van der Waals surface area contributed by atoms with Gasteiger partial charge in [-0.25, -0.2) is 4.79 Å². The predicted molar refractivity (Wildman–Crippen MR) is 114 cm³/mol. The van der Waals surface area contributed by atoms with Crippen molar-refractivity contribution < 1.29 is 14.3 Å². The van der Waals surface area contributed by atoms with Gasteiger partial charge in [0.2, 0.25) is 0 Å². The lowest BCUT2D eigenvalue weighted by atomic mass is 10.0. The Hall–Kier alpha value is -2.53. The molecule has 5 heteroatoms. The van der Waals surface area contributed by atoms with E-state index in [-0.39, 0.29) is 18.4 Å². The first-order valence-electron chi connectivity index (χ1n) is 9.35. The fourth-order valence-corrected chi connectivity index (χ4v) is 3.48. The van der Waals surface area contributed by atoms with Gasteiger partial charge in [0, 0.05) is 27.5 Å². The number of aryl methyl sites for hydroxylation is 1. The maximum atomic E-state index is 12.8. The van der Waals surface area contributed by atoms with Gasteiger partial charge in [0.15, 0.2) is 5.78 Å². The zero-order chi connectivity index (χ0) is 20.1. The van der Waals surface area contributed by atoms with E-state index in [0.29, 0.717) is 24.0 Å². The van der Waals surface area contributed by atoms with Gasteiger partial charge in [-0.05, 0) is 43.5 Å². The second-order valence-electron chi connectivity index (χ2n) is 6.60. The van der Waals surface area contributed by atoms with Gasteiger partial charge >= 0.3 is 5.97 Å². The molecule has 1 aromatic heterocycles. The van der Waals surface area contributed by atoms with E-state index in [1.165, 1.54) is 0 Å². The third-order valence-electron chi connectivity index (χ3n) is 4.72. The highest BCUT2D eigenvalue weighted by Crippen LogP contribution is 2.24. The summed E-state index contributed by atoms with van der Waals surface area (Å²) in [7, 11) is 0. The molecule has 0 aliphatic rings. The van der Waals surface area contributed by atoms with Crippen LogP contribution < -0.4 is 0 Å². The van der Waals surface area contributed by atoms with Crippen molar-refractivity contribution in [3.05, 3.63) is 75.4 Å². The number of fused-ring (bicyclic) bond motifs is 1. The highest BCUT2D eigenvalue weighted by molar-refractivity contribution is 9.10. The van der Waals surface area contributed by atoms with E-state index in [1.54, 1.807) is 12.1 Å². The Labute approximate surface area is 173 Å². The fourth-order valence-electron chi connectivity index (χ4n) is 3.22. The summed E-state index contributed by atoms with van der Waals surface area (Å²) in [6, 6.07) is 14.9. The number of carbonyl (C=O) groups excluding carboxylic acids is 2. The van der Waals surface area contributed by atoms with Crippen LogP contribution in [0.3, 0.4) is 0 Å². The van der Waals surface area contributed by atoms with Crippen molar-refractivity contribution in [3.63, 3.8) is 0 Å². The van der Waals surface area contributed by atoms with Gasteiger partial charge in [0.25, 0.3) is 0 Å². The van der Waals surface area contributed by atoms with Crippen molar-refractivity contribution in [1.29, 1.82) is 0 Å². The number of Topliss-reactive ketones (excluding diaryl/α,β-unsaturated/α-hetero) is 1. The van der Waals surface area contributed by atoms with E-state index in [9.17, 15) is 9.59 Å². The van der Waals surface area contributed by atoms with E-state index >= 15 is 0 Å². The number of ketones is 1. The molecule has 0 atom stereocenters. The number of aromatic nitrogens is 1. The zero-order valence-corrected chi connectivity index (χ0v) is 17.6. The van der Waals surface area contributed by atoms with E-state index in [1.807, 2.05) is 50.2 Å². The molecule has 0 unspecified atom stereocenters. The minimum atomic E-state index is -0.359. The highest BCUT2D eigenvalue weighted by atomic mass is 79.9. The Bertz CT molecular complexity index is 1010. The Balaban J connectivity index is 1.66. The largest absolute Gasteiger partial charge is 0.462 e. The summed E-state index contributed by atoms with van der Waals surface area (Å²) in [6.45, 7) is 4.14. The number of pyridine rings is 1. The van der Waals surface area contributed by atoms with Gasteiger partial charge in [-0.1, -0.05) is 53.2 Å². The Kier molecular flexibility index (Phi) is 6.57. The number of ether oxygens (including phenoxy) is 1. The standard InChI is InChI=1S/C23H22BrNO3/c1-3-19-15(2)22(18-7-4-5-8-20(18)25-19)23(27)28-14-6-9-21(26)16-10-12-17(24)13-11-16/h4-5,7-8,10-13H,3,6,9,14H2,1-2H3. The Morgan fingerprint density at radius 3 is 2.50 bits per heavy atom. The number of hydrogen-bond donors (Lipinski definition) is 0. The van der Waals surface area contributed by atoms with Crippen LogP contribution in [0, 0.1) is 6.92 Å². The summed E-state index contributed by atoms with van der Waals surface area (Å²) < 4.78 is 6.43. The lowest BCUT2D eigenvalue weighted by molar-refractivity contribution is 0.0495. The molecule has 3 rings (SSSR count). The first-order valence-corrected chi connectivity index (χ1v) is 10.1. The SMILES string of the molecule is CCc1nc2ccccc2c(C(=O)OCCCC(=O)c2ccc(Br)cc2)c1C. The molecular formula is C23H22BrNO3. The van der Waals surface area contributed by atoms with Gasteiger partial charge < -0.3 is 4.74 Å². The molecule has 0 amide bonds. The van der Waals surface area contributed by atoms with Crippen molar-refractivity contribution in [2.75, 3.05) is 6.61 Å². The topological polar surface area (TPSA) is 56.3 Å². The minimum Gasteiger partial charge on any atom is -0.462 e. The number of esters is 1. The summed E-state index contributed by atoms with van der Waals surface area (Å²) in [5.41, 5.74) is 3.79. The maximum Gasteiger partial charge on any atom is 0.339 e. The number of carbonyl (C=O) groups is 2. The van der Waals surface area contributed by atoms with Crippen molar-refractivity contribution in [2.24, 2.45) is 0 Å². The van der Waals surface area contributed by atoms with Gasteiger partial charge in [0.1, 0.15) is 0 Å². The molecule has 0 N–H and O–H groups in total. The normalized spacial score (nSPS) is 10.8. The van der Waals surface area contributed by atoms with Crippen LogP contribution in [0.15, 0.2) is 53.0 Å². The smallest absolute Gasteiger partial charge is 0.339 e. The lowest BCUT2D eigenvalue weighted by Crippen LogP contribution is -2.12. The maximum absolute atomic E-state index is 12.8. The second-order valence-corrected chi connectivity index (χ2v) is 7.51. The van der Waals surface area contributed by atoms with Gasteiger partial charge in [0.05, 0.1) is 17.7 Å². The summed E-state index contributed by atoms with van der Waals surface area (Å²) in [6.07, 6.45) is 1.58. The molecule has 4 nitrogen and oxygen atoms in total. The van der Waals surface area contributed by atoms with Crippen LogP contribution in [-0.2, 0) is 11.2 Å². The predicted octanol–water partition coefficient (Wildman–Crippen LogP) is 5.69. The van der Waals surface area contributed by atoms with E-state index in [4.69, 9.17) is 4.74 Å². The quantitative estimate of drug-likeness (QED) is 0.269. The van der Waals surface area contributed by atoms with Crippen LogP contribution in [-0.4, -0.2) is 23.3 Å². The number of benzene rings is 2. The molecule has 28 heavy (non-hydrogen) atoms. The van der Waals surface area contributed by atoms with Crippen LogP contribution in [0.4, 0.5) is 0 Å². The summed E-state index contributed by atoms with van der Waals surface area (Å²) in [5, 5.41) is 0.799. The fraction of sp³-hybridized carbons (Fsp3) is 0.261. The Morgan fingerprint density at radius 2 is 1.79 bits per heavy atom. The molecule has 144 valence electrons. The van der Waals surface area contributed by atoms with E-state index < -0.39 is 0 Å². The Morgan fingerprint density at radius 1 is 1.07 bits per heavy atom. The summed E-state index contributed by atoms with van der Waals surface area (Å²) in [4.78, 5) is 29.6. The molecule has 0 aliphatic carbocycles. The van der Waals surface area contributed by atoms with Gasteiger partial charge in [-0.2, -0.15) is 0 Å². The number of para-hydroxylation sites is 1. The van der Waals surface area contributed by atoms with Crippen LogP contribution in [0.25, 0.3) is 10.9 Å². The molecule has 0 radical (unpaired) electrons. The molecule has 0 bridgehead atoms. The van der Waals surface area contributed by atoms with Crippen molar-refractivity contribution in [3.8, 4) is 0 Å². The summed E-state index contributed by atoms with van der Waals surface area (Å²) >= 11 is 3.36. The van der Waals surface area contributed by atoms with Crippen LogP contribution in [0.1, 0.15) is 51.7 Å². The molecular weight excluding hydrogens is 418 g/mol. The van der Waals surface area contributed by atoms with Crippen molar-refractivity contribution in [2.45, 2.75) is 33.1 Å². The first-order chi connectivity index (χ1) is 13.5. The molecule has 0 saturated carbocycles. The molecule has 0 aliphatic heterocycles. The molecule has 3 aromatic rings. The monoisotopic (exact) mass is 439 g/mol. The number of nitrogens with zero attached hydrogens (tertiary/aromatic N) is 1. The highest BCUT2D eigenvalue weighted by Gasteiger charge is 2.18. The van der Waals surface area contributed by atoms with Gasteiger partial charge in [-0.15, -0.1) is 0 Å². The number of halogens is 1. The third-order valence-corrected chi connectivity index (χ3v) is 5.25. The minimum absolute atomic E-state index is 0.0439. The lowest BCUT2D eigenvalue weighted by Gasteiger charge is -2.13.